The van der Waals surface area contributed by atoms with Gasteiger partial charge >= 0.3 is 5.97 Å². The smallest absolute Gasteiger partial charge is 0.316 e. The summed E-state index contributed by atoms with van der Waals surface area (Å²) in [6.45, 7) is 5.82. The molecule has 1 fully saturated rings. The zero-order valence-electron chi connectivity index (χ0n) is 17.9. The number of imidazole rings is 1. The highest BCUT2D eigenvalue weighted by Gasteiger charge is 2.24. The van der Waals surface area contributed by atoms with E-state index in [0.29, 0.717) is 22.9 Å². The third-order valence-corrected chi connectivity index (χ3v) is 5.77. The molecule has 0 bridgehead atoms. The number of aromatic nitrogens is 4. The average molecular weight is 464 g/mol. The summed E-state index contributed by atoms with van der Waals surface area (Å²) in [6.07, 6.45) is 3.37. The Labute approximate surface area is 192 Å². The highest BCUT2D eigenvalue weighted by Crippen LogP contribution is 2.25. The van der Waals surface area contributed by atoms with E-state index in [1.807, 2.05) is 4.57 Å². The molecule has 31 heavy (non-hydrogen) atoms. The zero-order chi connectivity index (χ0) is 21.5. The van der Waals surface area contributed by atoms with Crippen LogP contribution in [0.5, 0.6) is 0 Å². The van der Waals surface area contributed by atoms with Crippen molar-refractivity contribution in [3.05, 3.63) is 10.4 Å². The second-order valence-corrected chi connectivity index (χ2v) is 7.66. The molecule has 10 heteroatoms. The van der Waals surface area contributed by atoms with E-state index in [-0.39, 0.29) is 36.2 Å². The molecule has 0 N–H and O–H groups in total. The van der Waals surface area contributed by atoms with E-state index in [1.54, 1.807) is 13.8 Å². The Hall–Kier alpha value is -2.62. The second kappa shape index (κ2) is 11.7. The number of halogens is 1. The third-order valence-electron chi connectivity index (χ3n) is 4.82. The molecule has 0 saturated carbocycles. The van der Waals surface area contributed by atoms with Gasteiger partial charge in [0, 0.05) is 13.1 Å². The van der Waals surface area contributed by atoms with Gasteiger partial charge in [-0.05, 0) is 33.1 Å². The van der Waals surface area contributed by atoms with Crippen molar-refractivity contribution < 1.29 is 9.53 Å². The largest absolute Gasteiger partial charge is 0.468 e. The van der Waals surface area contributed by atoms with Crippen LogP contribution in [-0.2, 0) is 22.6 Å². The molecular formula is C21H26ClN5O3S. The lowest BCUT2D eigenvalue weighted by Gasteiger charge is -2.27. The number of hydrogen-bond acceptors (Lipinski definition) is 7. The first-order chi connectivity index (χ1) is 14.6. The monoisotopic (exact) mass is 463 g/mol. The summed E-state index contributed by atoms with van der Waals surface area (Å²) in [4.78, 5) is 36.6. The Morgan fingerprint density at radius 1 is 1.06 bits per heavy atom. The van der Waals surface area contributed by atoms with Gasteiger partial charge in [-0.15, -0.1) is 24.2 Å². The van der Waals surface area contributed by atoms with Gasteiger partial charge in [-0.3, -0.25) is 18.7 Å². The number of anilines is 1. The molecule has 0 unspecified atom stereocenters. The van der Waals surface area contributed by atoms with Crippen molar-refractivity contribution in [2.45, 2.75) is 51.4 Å². The zero-order valence-corrected chi connectivity index (χ0v) is 19.6. The summed E-state index contributed by atoms with van der Waals surface area (Å²) in [5.41, 5.74) is 0.550. The Kier molecular flexibility index (Phi) is 9.29. The van der Waals surface area contributed by atoms with Crippen molar-refractivity contribution >= 4 is 47.3 Å². The fourth-order valence-electron chi connectivity index (χ4n) is 3.32. The van der Waals surface area contributed by atoms with Crippen LogP contribution in [0.4, 0.5) is 5.95 Å². The lowest BCUT2D eigenvalue weighted by Crippen LogP contribution is -2.32. The predicted octanol–water partition coefficient (Wildman–Crippen LogP) is 2.32. The minimum atomic E-state index is -0.389. The number of carbonyl (C=O) groups is 1. The first-order valence-electron chi connectivity index (χ1n) is 9.85. The SMILES string of the molecule is CC#CCn1c(SCC(=O)OC)nc2nc(N3CCCCC3)n(CC#CC)c2c1=O.Cl. The van der Waals surface area contributed by atoms with E-state index < -0.39 is 0 Å². The number of thioether (sulfide) groups is 1. The highest BCUT2D eigenvalue weighted by molar-refractivity contribution is 7.99. The summed E-state index contributed by atoms with van der Waals surface area (Å²) in [6, 6.07) is 0. The molecule has 0 aliphatic carbocycles. The first kappa shape index (κ1) is 24.6. The number of hydrogen-bond donors (Lipinski definition) is 0. The number of ether oxygens (including phenoxy) is 1. The molecule has 166 valence electrons. The predicted molar refractivity (Wildman–Crippen MR) is 125 cm³/mol. The van der Waals surface area contributed by atoms with Crippen molar-refractivity contribution in [3.63, 3.8) is 0 Å². The number of piperidine rings is 1. The van der Waals surface area contributed by atoms with E-state index in [0.717, 1.165) is 43.6 Å². The van der Waals surface area contributed by atoms with Crippen LogP contribution in [0.1, 0.15) is 33.1 Å². The van der Waals surface area contributed by atoms with Crippen LogP contribution in [0.3, 0.4) is 0 Å². The van der Waals surface area contributed by atoms with Gasteiger partial charge in [-0.1, -0.05) is 23.6 Å². The van der Waals surface area contributed by atoms with Gasteiger partial charge in [-0.25, -0.2) is 4.98 Å². The number of rotatable bonds is 6. The normalized spacial score (nSPS) is 12.9. The topological polar surface area (TPSA) is 82.2 Å². The highest BCUT2D eigenvalue weighted by atomic mass is 35.5. The van der Waals surface area contributed by atoms with Crippen LogP contribution in [0.25, 0.3) is 11.2 Å². The first-order valence-corrected chi connectivity index (χ1v) is 10.8. The summed E-state index contributed by atoms with van der Waals surface area (Å²) in [5, 5.41) is 0.400. The fourth-order valence-corrected chi connectivity index (χ4v) is 4.14. The number of methoxy groups -OCH3 is 1. The summed E-state index contributed by atoms with van der Waals surface area (Å²) in [5.74, 6) is 12.1. The fraction of sp³-hybridized carbons (Fsp3) is 0.524. The molecule has 1 saturated heterocycles. The number of esters is 1. The van der Waals surface area contributed by atoms with E-state index >= 15 is 0 Å². The molecule has 0 amide bonds. The lowest BCUT2D eigenvalue weighted by atomic mass is 10.1. The van der Waals surface area contributed by atoms with Crippen LogP contribution in [0.15, 0.2) is 9.95 Å². The van der Waals surface area contributed by atoms with Crippen LogP contribution in [0, 0.1) is 23.7 Å². The van der Waals surface area contributed by atoms with Gasteiger partial charge in [0.05, 0.1) is 26.0 Å². The summed E-state index contributed by atoms with van der Waals surface area (Å²) >= 11 is 1.15. The molecule has 8 nitrogen and oxygen atoms in total. The maximum Gasteiger partial charge on any atom is 0.316 e. The standard InChI is InChI=1S/C21H25N5O3S.ClH/c1-4-6-13-25-17-18(22-20(25)24-11-9-8-10-12-24)23-21(30-15-16(27)29-3)26(19(17)28)14-7-5-2;/h8-15H2,1-3H3;1H. The maximum atomic E-state index is 13.4. The molecule has 0 radical (unpaired) electrons. The Morgan fingerprint density at radius 2 is 1.71 bits per heavy atom. The summed E-state index contributed by atoms with van der Waals surface area (Å²) < 4.78 is 8.06. The number of fused-ring (bicyclic) bond motifs is 1. The molecule has 0 atom stereocenters. The molecule has 3 heterocycles. The van der Waals surface area contributed by atoms with Gasteiger partial charge in [0.25, 0.3) is 5.56 Å². The van der Waals surface area contributed by atoms with Crippen LogP contribution >= 0.6 is 24.2 Å². The van der Waals surface area contributed by atoms with Gasteiger partial charge in [-0.2, -0.15) is 4.98 Å². The van der Waals surface area contributed by atoms with Crippen molar-refractivity contribution in [1.82, 2.24) is 19.1 Å². The van der Waals surface area contributed by atoms with Crippen molar-refractivity contribution in [2.75, 3.05) is 30.9 Å². The average Bonchev–Trinajstić information content (AvgIpc) is 3.14. The van der Waals surface area contributed by atoms with Gasteiger partial charge in [0.15, 0.2) is 16.3 Å². The number of carbonyl (C=O) groups excluding carboxylic acids is 1. The molecule has 1 aliphatic rings. The van der Waals surface area contributed by atoms with Crippen LogP contribution in [0.2, 0.25) is 0 Å². The molecular weight excluding hydrogens is 438 g/mol. The molecule has 0 spiro atoms. The molecule has 2 aromatic heterocycles. The minimum absolute atomic E-state index is 0. The van der Waals surface area contributed by atoms with Crippen molar-refractivity contribution in [3.8, 4) is 23.7 Å². The molecule has 3 rings (SSSR count). The van der Waals surface area contributed by atoms with Crippen molar-refractivity contribution in [2.24, 2.45) is 0 Å². The Balaban J connectivity index is 0.00000341. The van der Waals surface area contributed by atoms with E-state index in [2.05, 4.69) is 33.6 Å². The quantitative estimate of drug-likeness (QED) is 0.281. The second-order valence-electron chi connectivity index (χ2n) is 6.72. The van der Waals surface area contributed by atoms with E-state index in [4.69, 9.17) is 9.72 Å². The van der Waals surface area contributed by atoms with Gasteiger partial charge in [0.1, 0.15) is 0 Å². The van der Waals surface area contributed by atoms with E-state index in [1.165, 1.54) is 18.1 Å². The van der Waals surface area contributed by atoms with Crippen LogP contribution < -0.4 is 10.5 Å². The molecule has 1 aliphatic heterocycles. The van der Waals surface area contributed by atoms with Crippen LogP contribution in [-0.4, -0.2) is 51.0 Å². The Bertz CT molecular complexity index is 1110. The van der Waals surface area contributed by atoms with Gasteiger partial charge < -0.3 is 9.64 Å². The maximum absolute atomic E-state index is 13.4. The Morgan fingerprint density at radius 3 is 2.32 bits per heavy atom. The van der Waals surface area contributed by atoms with E-state index in [9.17, 15) is 9.59 Å². The minimum Gasteiger partial charge on any atom is -0.468 e. The molecule has 2 aromatic rings. The van der Waals surface area contributed by atoms with Crippen molar-refractivity contribution in [1.29, 1.82) is 0 Å². The third kappa shape index (κ3) is 5.55. The molecule has 0 aromatic carbocycles. The van der Waals surface area contributed by atoms with Gasteiger partial charge in [0.2, 0.25) is 5.95 Å². The number of nitrogens with zero attached hydrogens (tertiary/aromatic N) is 5. The summed E-state index contributed by atoms with van der Waals surface area (Å²) in [7, 11) is 1.33. The lowest BCUT2D eigenvalue weighted by molar-refractivity contribution is -0.137.